The predicted molar refractivity (Wildman–Crippen MR) is 120 cm³/mol. The Balaban J connectivity index is 1.87. The molecule has 0 saturated carbocycles. The van der Waals surface area contributed by atoms with Crippen LogP contribution >= 0.6 is 0 Å². The third kappa shape index (κ3) is 3.84. The van der Waals surface area contributed by atoms with E-state index in [1.807, 2.05) is 0 Å². The fourth-order valence-corrected chi connectivity index (χ4v) is 3.79. The molecule has 0 aliphatic carbocycles. The van der Waals surface area contributed by atoms with E-state index in [2.05, 4.69) is 0 Å². The molecule has 4 aromatic rings. The van der Waals surface area contributed by atoms with Crippen LogP contribution < -0.4 is 0 Å². The molecular formula is C27H20O5. The number of ketones is 2. The van der Waals surface area contributed by atoms with Crippen LogP contribution in [0.4, 0.5) is 0 Å². The largest absolute Gasteiger partial charge is 0.508 e. The fourth-order valence-electron chi connectivity index (χ4n) is 3.79. The minimum Gasteiger partial charge on any atom is -0.508 e. The van der Waals surface area contributed by atoms with Gasteiger partial charge in [0, 0.05) is 28.2 Å². The van der Waals surface area contributed by atoms with E-state index >= 15 is 0 Å². The first-order valence-electron chi connectivity index (χ1n) is 10.0. The van der Waals surface area contributed by atoms with Gasteiger partial charge in [0.1, 0.15) is 17.2 Å². The Kier molecular flexibility index (Phi) is 5.73. The summed E-state index contributed by atoms with van der Waals surface area (Å²) in [5.41, 5.74) is 1.22. The molecule has 3 N–H and O–H groups in total. The molecule has 5 heteroatoms. The molecule has 4 rings (SSSR count). The second-order valence-corrected chi connectivity index (χ2v) is 7.32. The molecule has 0 aromatic heterocycles. The molecule has 0 atom stereocenters. The maximum atomic E-state index is 12.9. The molecule has 0 aliphatic heterocycles. The Labute approximate surface area is 184 Å². The second-order valence-electron chi connectivity index (χ2n) is 7.32. The number of hydrogen-bond acceptors (Lipinski definition) is 5. The van der Waals surface area contributed by atoms with Gasteiger partial charge in [-0.3, -0.25) is 9.59 Å². The summed E-state index contributed by atoms with van der Waals surface area (Å²) >= 11 is 0. The van der Waals surface area contributed by atoms with Crippen LogP contribution in [0, 0.1) is 0 Å². The number of hydrogen-bond donors (Lipinski definition) is 3. The highest BCUT2D eigenvalue weighted by molar-refractivity contribution is 6.49. The minimum absolute atomic E-state index is 0.0303. The van der Waals surface area contributed by atoms with Crippen molar-refractivity contribution in [3.8, 4) is 17.2 Å². The monoisotopic (exact) mass is 424 g/mol. The molecule has 0 radical (unpaired) electrons. The number of carbonyl (C=O) groups is 2. The van der Waals surface area contributed by atoms with Crippen molar-refractivity contribution < 1.29 is 24.9 Å². The summed E-state index contributed by atoms with van der Waals surface area (Å²) in [4.78, 5) is 25.6. The van der Waals surface area contributed by atoms with Crippen LogP contribution in [0.25, 0.3) is 0 Å². The van der Waals surface area contributed by atoms with Gasteiger partial charge in [-0.15, -0.1) is 0 Å². The van der Waals surface area contributed by atoms with E-state index in [-0.39, 0.29) is 33.9 Å². The van der Waals surface area contributed by atoms with Crippen LogP contribution in [0.3, 0.4) is 0 Å². The third-order valence-corrected chi connectivity index (χ3v) is 5.36. The van der Waals surface area contributed by atoms with Crippen molar-refractivity contribution in [3.63, 3.8) is 0 Å². The number of aromatic hydroxyl groups is 3. The highest BCUT2D eigenvalue weighted by Crippen LogP contribution is 2.44. The van der Waals surface area contributed by atoms with E-state index in [9.17, 15) is 24.9 Å². The number of carbonyl (C=O) groups excluding carboxylic acids is 2. The van der Waals surface area contributed by atoms with Crippen molar-refractivity contribution in [2.75, 3.05) is 0 Å². The highest BCUT2D eigenvalue weighted by atomic mass is 16.3. The van der Waals surface area contributed by atoms with E-state index in [1.54, 1.807) is 66.7 Å². The second kappa shape index (κ2) is 8.78. The molecule has 0 unspecified atom stereocenters. The number of rotatable bonds is 6. The third-order valence-electron chi connectivity index (χ3n) is 5.36. The lowest BCUT2D eigenvalue weighted by Crippen LogP contribution is -2.15. The van der Waals surface area contributed by atoms with Crippen LogP contribution in [0.5, 0.6) is 17.2 Å². The molecule has 5 nitrogen and oxygen atoms in total. The molecule has 32 heavy (non-hydrogen) atoms. The topological polar surface area (TPSA) is 94.8 Å². The van der Waals surface area contributed by atoms with Crippen LogP contribution in [-0.2, 0) is 0 Å². The maximum absolute atomic E-state index is 12.9. The number of benzene rings is 4. The lowest BCUT2D eigenvalue weighted by molar-refractivity contribution is 0.0815. The number of para-hydroxylation sites is 3. The van der Waals surface area contributed by atoms with Gasteiger partial charge in [0.25, 0.3) is 0 Å². The molecule has 158 valence electrons. The number of phenols is 3. The first-order chi connectivity index (χ1) is 15.5. The van der Waals surface area contributed by atoms with Gasteiger partial charge in [0.05, 0.1) is 5.56 Å². The van der Waals surface area contributed by atoms with E-state index in [1.165, 1.54) is 30.3 Å². The van der Waals surface area contributed by atoms with Crippen LogP contribution in [-0.4, -0.2) is 26.9 Å². The van der Waals surface area contributed by atoms with Crippen LogP contribution in [0.15, 0.2) is 97.1 Å². The predicted octanol–water partition coefficient (Wildman–Crippen LogP) is 5.05. The molecule has 0 spiro atoms. The van der Waals surface area contributed by atoms with Gasteiger partial charge in [-0.1, -0.05) is 78.9 Å². The maximum Gasteiger partial charge on any atom is 0.237 e. The average molecular weight is 424 g/mol. The van der Waals surface area contributed by atoms with Crippen molar-refractivity contribution in [1.82, 2.24) is 0 Å². The SMILES string of the molecule is O=C(C(=O)c1cccc(C(c2ccccc2O)c2ccccc2O)c1O)c1ccccc1. The standard InChI is InChI=1S/C27H20O5/c28-22-15-6-4-11-18(22)24(19-12-5-7-16-23(19)29)20-13-8-14-21(26(20)31)27(32)25(30)17-9-2-1-3-10-17/h1-16,24,28-29,31H. The Hall–Kier alpha value is -4.38. The average Bonchev–Trinajstić information content (AvgIpc) is 2.82. The summed E-state index contributed by atoms with van der Waals surface area (Å²) in [7, 11) is 0. The summed E-state index contributed by atoms with van der Waals surface area (Å²) < 4.78 is 0. The summed E-state index contributed by atoms with van der Waals surface area (Å²) in [5, 5.41) is 32.1. The van der Waals surface area contributed by atoms with Crippen LogP contribution in [0.1, 0.15) is 43.3 Å². The van der Waals surface area contributed by atoms with Gasteiger partial charge in [0.15, 0.2) is 0 Å². The number of phenolic OH excluding ortho intramolecular Hbond substituents is 3. The quantitative estimate of drug-likeness (QED) is 0.229. The first-order valence-corrected chi connectivity index (χ1v) is 10.0. The molecule has 0 bridgehead atoms. The molecular weight excluding hydrogens is 404 g/mol. The van der Waals surface area contributed by atoms with Gasteiger partial charge in [0.2, 0.25) is 11.6 Å². The zero-order valence-corrected chi connectivity index (χ0v) is 17.0. The van der Waals surface area contributed by atoms with Gasteiger partial charge < -0.3 is 15.3 Å². The normalized spacial score (nSPS) is 10.8. The molecule has 0 saturated heterocycles. The van der Waals surface area contributed by atoms with E-state index in [0.29, 0.717) is 11.1 Å². The van der Waals surface area contributed by atoms with Gasteiger partial charge in [-0.25, -0.2) is 0 Å². The molecule has 0 fully saturated rings. The van der Waals surface area contributed by atoms with E-state index < -0.39 is 17.5 Å². The van der Waals surface area contributed by atoms with Gasteiger partial charge in [-0.2, -0.15) is 0 Å². The van der Waals surface area contributed by atoms with Crippen molar-refractivity contribution in [2.45, 2.75) is 5.92 Å². The minimum atomic E-state index is -0.844. The fraction of sp³-hybridized carbons (Fsp3) is 0.0370. The Morgan fingerprint density at radius 2 is 1.03 bits per heavy atom. The van der Waals surface area contributed by atoms with Gasteiger partial charge >= 0.3 is 0 Å². The highest BCUT2D eigenvalue weighted by Gasteiger charge is 2.29. The van der Waals surface area contributed by atoms with Crippen molar-refractivity contribution in [2.24, 2.45) is 0 Å². The van der Waals surface area contributed by atoms with Crippen LogP contribution in [0.2, 0.25) is 0 Å². The van der Waals surface area contributed by atoms with Crippen molar-refractivity contribution in [3.05, 3.63) is 125 Å². The molecule has 0 amide bonds. The summed E-state index contributed by atoms with van der Waals surface area (Å²) in [5.74, 6) is -2.80. The lowest BCUT2D eigenvalue weighted by Gasteiger charge is -2.22. The zero-order chi connectivity index (χ0) is 22.7. The Morgan fingerprint density at radius 1 is 0.531 bits per heavy atom. The zero-order valence-electron chi connectivity index (χ0n) is 17.0. The van der Waals surface area contributed by atoms with Crippen molar-refractivity contribution in [1.29, 1.82) is 0 Å². The first kappa shape index (κ1) is 20.9. The smallest absolute Gasteiger partial charge is 0.237 e. The summed E-state index contributed by atoms with van der Waals surface area (Å²) in [6.07, 6.45) is 0. The van der Waals surface area contributed by atoms with E-state index in [0.717, 1.165) is 0 Å². The lowest BCUT2D eigenvalue weighted by atomic mass is 9.82. The number of Topliss-reactive ketones (excluding diaryl/α,β-unsaturated/α-hetero) is 2. The molecule has 0 aliphatic rings. The summed E-state index contributed by atoms with van der Waals surface area (Å²) in [6, 6.07) is 25.8. The van der Waals surface area contributed by atoms with Crippen molar-refractivity contribution >= 4 is 11.6 Å². The Bertz CT molecular complexity index is 1250. The molecule has 0 heterocycles. The Morgan fingerprint density at radius 3 is 1.59 bits per heavy atom. The summed E-state index contributed by atoms with van der Waals surface area (Å²) in [6.45, 7) is 0. The van der Waals surface area contributed by atoms with Gasteiger partial charge in [-0.05, 0) is 18.2 Å². The molecule has 4 aromatic carbocycles. The van der Waals surface area contributed by atoms with E-state index in [4.69, 9.17) is 0 Å².